The van der Waals surface area contributed by atoms with Crippen LogP contribution in [0.1, 0.15) is 54.9 Å². The molecular weight excluding hydrogens is 324 g/mol. The normalized spacial score (nSPS) is 14.3. The third kappa shape index (κ3) is 6.61. The van der Waals surface area contributed by atoms with Crippen molar-refractivity contribution in [3.63, 3.8) is 0 Å². The lowest BCUT2D eigenvalue weighted by molar-refractivity contribution is -0.117. The zero-order valence-corrected chi connectivity index (χ0v) is 16.5. The predicted molar refractivity (Wildman–Crippen MR) is 98.4 cm³/mol. The van der Waals surface area contributed by atoms with E-state index in [1.807, 2.05) is 6.92 Å². The van der Waals surface area contributed by atoms with Gasteiger partial charge >= 0.3 is 0 Å². The Balaban J connectivity index is 2.88. The van der Waals surface area contributed by atoms with Gasteiger partial charge in [0.2, 0.25) is 15.9 Å². The highest BCUT2D eigenvalue weighted by molar-refractivity contribution is 7.89. The lowest BCUT2D eigenvalue weighted by Crippen LogP contribution is -2.40. The first-order valence-electron chi connectivity index (χ1n) is 8.14. The molecule has 0 heterocycles. The number of carbonyl (C=O) groups is 1. The minimum Gasteiger partial charge on any atom is -0.326 e. The molecule has 5 nitrogen and oxygen atoms in total. The summed E-state index contributed by atoms with van der Waals surface area (Å²) >= 11 is 0. The number of hydrogen-bond donors (Lipinski definition) is 2. The second kappa shape index (κ2) is 7.23. The van der Waals surface area contributed by atoms with Gasteiger partial charge in [-0.05, 0) is 50.3 Å². The maximum Gasteiger partial charge on any atom is 0.241 e. The first-order chi connectivity index (χ1) is 10.7. The van der Waals surface area contributed by atoms with Gasteiger partial charge in [0.25, 0.3) is 0 Å². The molecule has 136 valence electrons. The van der Waals surface area contributed by atoms with Crippen molar-refractivity contribution in [1.82, 2.24) is 4.72 Å². The molecule has 0 saturated heterocycles. The standard InChI is InChI=1S/C18H30N2O3S/c1-13(17(2,3)4)11-16(21)19-14-9-8-10-15(12-14)24(22,23)20-18(5,6)7/h8-10,12-13,20H,11H2,1-7H3,(H,19,21). The summed E-state index contributed by atoms with van der Waals surface area (Å²) in [7, 11) is -3.62. The van der Waals surface area contributed by atoms with Crippen molar-refractivity contribution < 1.29 is 13.2 Å². The molecule has 0 aliphatic heterocycles. The van der Waals surface area contributed by atoms with Gasteiger partial charge in [-0.25, -0.2) is 13.1 Å². The van der Waals surface area contributed by atoms with E-state index in [9.17, 15) is 13.2 Å². The summed E-state index contributed by atoms with van der Waals surface area (Å²) in [6.07, 6.45) is 0.390. The van der Waals surface area contributed by atoms with Gasteiger partial charge in [-0.1, -0.05) is 33.8 Å². The maximum atomic E-state index is 12.4. The number of rotatable bonds is 5. The Kier molecular flexibility index (Phi) is 6.22. The van der Waals surface area contributed by atoms with Crippen molar-refractivity contribution in [2.45, 2.75) is 65.3 Å². The van der Waals surface area contributed by atoms with Gasteiger partial charge in [-0.3, -0.25) is 4.79 Å². The van der Waals surface area contributed by atoms with Gasteiger partial charge in [0.05, 0.1) is 4.90 Å². The summed E-state index contributed by atoms with van der Waals surface area (Å²) in [4.78, 5) is 12.3. The van der Waals surface area contributed by atoms with Gasteiger partial charge in [0, 0.05) is 17.6 Å². The molecule has 6 heteroatoms. The van der Waals surface area contributed by atoms with Crippen LogP contribution in [0, 0.1) is 11.3 Å². The molecule has 0 fully saturated rings. The maximum absolute atomic E-state index is 12.4. The molecule has 0 spiro atoms. The summed E-state index contributed by atoms with van der Waals surface area (Å²) in [5.41, 5.74) is -0.0442. The van der Waals surface area contributed by atoms with E-state index in [1.54, 1.807) is 32.9 Å². The quantitative estimate of drug-likeness (QED) is 0.845. The van der Waals surface area contributed by atoms with Crippen molar-refractivity contribution in [2.75, 3.05) is 5.32 Å². The zero-order chi connectivity index (χ0) is 18.8. The molecule has 0 aliphatic rings. The summed E-state index contributed by atoms with van der Waals surface area (Å²) in [5.74, 6) is 0.0997. The lowest BCUT2D eigenvalue weighted by atomic mass is 9.80. The Hall–Kier alpha value is -1.40. The molecule has 24 heavy (non-hydrogen) atoms. The smallest absolute Gasteiger partial charge is 0.241 e. The zero-order valence-electron chi connectivity index (χ0n) is 15.7. The number of anilines is 1. The minimum atomic E-state index is -3.62. The third-order valence-corrected chi connectivity index (χ3v) is 5.59. The van der Waals surface area contributed by atoms with Crippen LogP contribution in [-0.4, -0.2) is 19.9 Å². The van der Waals surface area contributed by atoms with Crippen LogP contribution < -0.4 is 10.0 Å². The summed E-state index contributed by atoms with van der Waals surface area (Å²) < 4.78 is 27.3. The van der Waals surface area contributed by atoms with Crippen molar-refractivity contribution in [2.24, 2.45) is 11.3 Å². The highest BCUT2D eigenvalue weighted by Gasteiger charge is 2.24. The van der Waals surface area contributed by atoms with Crippen LogP contribution in [0.3, 0.4) is 0 Å². The van der Waals surface area contributed by atoms with Gasteiger partial charge in [0.1, 0.15) is 0 Å². The molecule has 0 saturated carbocycles. The molecule has 0 radical (unpaired) electrons. The van der Waals surface area contributed by atoms with Crippen molar-refractivity contribution >= 4 is 21.6 Å². The van der Waals surface area contributed by atoms with E-state index >= 15 is 0 Å². The molecule has 1 atom stereocenters. The Bertz CT molecular complexity index is 683. The van der Waals surface area contributed by atoms with E-state index in [1.165, 1.54) is 12.1 Å². The molecule has 1 rings (SSSR count). The summed E-state index contributed by atoms with van der Waals surface area (Å²) in [5, 5.41) is 2.79. The predicted octanol–water partition coefficient (Wildman–Crippen LogP) is 3.77. The highest BCUT2D eigenvalue weighted by atomic mass is 32.2. The fourth-order valence-corrected chi connectivity index (χ4v) is 3.46. The Morgan fingerprint density at radius 2 is 1.71 bits per heavy atom. The monoisotopic (exact) mass is 354 g/mol. The van der Waals surface area contributed by atoms with E-state index in [0.29, 0.717) is 12.1 Å². The number of amides is 1. The van der Waals surface area contributed by atoms with Gasteiger partial charge in [0.15, 0.2) is 0 Å². The van der Waals surface area contributed by atoms with Crippen molar-refractivity contribution in [3.8, 4) is 0 Å². The van der Waals surface area contributed by atoms with E-state index in [-0.39, 0.29) is 22.1 Å². The van der Waals surface area contributed by atoms with Crippen LogP contribution in [0.5, 0.6) is 0 Å². The number of nitrogens with one attached hydrogen (secondary N) is 2. The first kappa shape index (κ1) is 20.6. The average molecular weight is 355 g/mol. The average Bonchev–Trinajstić information content (AvgIpc) is 2.34. The van der Waals surface area contributed by atoms with Crippen LogP contribution in [0.15, 0.2) is 29.2 Å². The van der Waals surface area contributed by atoms with Gasteiger partial charge in [-0.15, -0.1) is 0 Å². The largest absolute Gasteiger partial charge is 0.326 e. The minimum absolute atomic E-state index is 0.0408. The van der Waals surface area contributed by atoms with Gasteiger partial charge in [-0.2, -0.15) is 0 Å². The number of benzene rings is 1. The van der Waals surface area contributed by atoms with Gasteiger partial charge < -0.3 is 5.32 Å². The van der Waals surface area contributed by atoms with Crippen molar-refractivity contribution in [1.29, 1.82) is 0 Å². The van der Waals surface area contributed by atoms with Crippen molar-refractivity contribution in [3.05, 3.63) is 24.3 Å². The number of hydrogen-bond acceptors (Lipinski definition) is 3. The SMILES string of the molecule is CC(CC(=O)Nc1cccc(S(=O)(=O)NC(C)(C)C)c1)C(C)(C)C. The van der Waals surface area contributed by atoms with Crippen LogP contribution in [0.2, 0.25) is 0 Å². The molecule has 1 aromatic carbocycles. The molecule has 1 unspecified atom stereocenters. The van der Waals surface area contributed by atoms with E-state index < -0.39 is 15.6 Å². The fraction of sp³-hybridized carbons (Fsp3) is 0.611. The second-order valence-corrected chi connectivity index (χ2v) is 10.1. The lowest BCUT2D eigenvalue weighted by Gasteiger charge is -2.26. The number of sulfonamides is 1. The summed E-state index contributed by atoms with van der Waals surface area (Å²) in [6, 6.07) is 6.31. The second-order valence-electron chi connectivity index (χ2n) is 8.40. The highest BCUT2D eigenvalue weighted by Crippen LogP contribution is 2.28. The van der Waals surface area contributed by atoms with Crippen LogP contribution in [0.4, 0.5) is 5.69 Å². The van der Waals surface area contributed by atoms with Crippen LogP contribution >= 0.6 is 0 Å². The molecule has 0 bridgehead atoms. The fourth-order valence-electron chi connectivity index (χ4n) is 2.00. The van der Waals surface area contributed by atoms with E-state index in [4.69, 9.17) is 0 Å². The topological polar surface area (TPSA) is 75.3 Å². The van der Waals surface area contributed by atoms with E-state index in [2.05, 4.69) is 30.8 Å². The Labute approximate surface area is 146 Å². The Morgan fingerprint density at radius 1 is 1.12 bits per heavy atom. The molecule has 2 N–H and O–H groups in total. The van der Waals surface area contributed by atoms with Crippen LogP contribution in [0.25, 0.3) is 0 Å². The van der Waals surface area contributed by atoms with E-state index in [0.717, 1.165) is 0 Å². The molecule has 0 aliphatic carbocycles. The molecule has 1 amide bonds. The van der Waals surface area contributed by atoms with Crippen LogP contribution in [-0.2, 0) is 14.8 Å². The summed E-state index contributed by atoms with van der Waals surface area (Å²) in [6.45, 7) is 13.7. The Morgan fingerprint density at radius 3 is 2.21 bits per heavy atom. The molecular formula is C18H30N2O3S. The third-order valence-electron chi connectivity index (χ3n) is 3.84. The molecule has 1 aromatic rings. The number of carbonyl (C=O) groups excluding carboxylic acids is 1. The molecule has 0 aromatic heterocycles. The first-order valence-corrected chi connectivity index (χ1v) is 9.63.